The van der Waals surface area contributed by atoms with Crippen LogP contribution < -0.4 is 4.74 Å². The molecule has 196 valence electrons. The van der Waals surface area contributed by atoms with Crippen LogP contribution in [0.5, 0.6) is 5.75 Å². The SMILES string of the molecule is CCC(CO)(CO)C(=O)OCC(=O)Oc1ccccc1C(=O)OCC(=O)OCCCCON(O)O. The van der Waals surface area contributed by atoms with Crippen LogP contribution >= 0.6 is 0 Å². The van der Waals surface area contributed by atoms with Gasteiger partial charge in [-0.3, -0.25) is 20.0 Å². The maximum Gasteiger partial charge on any atom is 0.349 e. The lowest BCUT2D eigenvalue weighted by Gasteiger charge is -2.25. The van der Waals surface area contributed by atoms with Crippen molar-refractivity contribution in [2.45, 2.75) is 26.2 Å². The molecule has 0 spiro atoms. The van der Waals surface area contributed by atoms with E-state index in [1.165, 1.54) is 24.3 Å². The second kappa shape index (κ2) is 15.7. The molecular formula is C21H29NO13. The van der Waals surface area contributed by atoms with Gasteiger partial charge in [0.05, 0.1) is 31.8 Å². The van der Waals surface area contributed by atoms with E-state index in [1.807, 2.05) is 0 Å². The minimum absolute atomic E-state index is 0.0173. The molecule has 0 aliphatic heterocycles. The summed E-state index contributed by atoms with van der Waals surface area (Å²) in [4.78, 5) is 52.5. The second-order valence-corrected chi connectivity index (χ2v) is 7.09. The Hall–Kier alpha value is -3.14. The van der Waals surface area contributed by atoms with Gasteiger partial charge < -0.3 is 29.2 Å². The minimum Gasteiger partial charge on any atom is -0.463 e. The highest BCUT2D eigenvalue weighted by molar-refractivity contribution is 5.94. The van der Waals surface area contributed by atoms with Gasteiger partial charge in [0.2, 0.25) is 0 Å². The molecule has 0 bridgehead atoms. The highest BCUT2D eigenvalue weighted by atomic mass is 17.1. The molecule has 0 saturated heterocycles. The van der Waals surface area contributed by atoms with E-state index in [0.717, 1.165) is 0 Å². The van der Waals surface area contributed by atoms with Gasteiger partial charge in [-0.15, -0.1) is 0 Å². The van der Waals surface area contributed by atoms with Crippen molar-refractivity contribution in [3.05, 3.63) is 29.8 Å². The maximum atomic E-state index is 12.3. The van der Waals surface area contributed by atoms with Gasteiger partial charge in [-0.2, -0.15) is 0 Å². The first kappa shape index (κ1) is 29.9. The highest BCUT2D eigenvalue weighted by Gasteiger charge is 2.37. The van der Waals surface area contributed by atoms with E-state index in [0.29, 0.717) is 12.8 Å². The number of para-hydroxylation sites is 1. The van der Waals surface area contributed by atoms with E-state index >= 15 is 0 Å². The van der Waals surface area contributed by atoms with Crippen LogP contribution in [0.15, 0.2) is 24.3 Å². The summed E-state index contributed by atoms with van der Waals surface area (Å²) >= 11 is 0. The topological polar surface area (TPSA) is 199 Å². The van der Waals surface area contributed by atoms with Crippen LogP contribution in [-0.2, 0) is 33.4 Å². The van der Waals surface area contributed by atoms with E-state index in [4.69, 9.17) is 29.4 Å². The standard InChI is InChI=1S/C21H29NO13/c1-2-21(13-23,14-24)20(28)33-12-18(26)35-16-8-4-3-7-15(16)19(27)32-11-17(25)31-9-5-6-10-34-22(29)30/h3-4,7-8,23-24,29-30H,2,5-6,9-14H2,1H3. The molecule has 0 aliphatic carbocycles. The fraction of sp³-hybridized carbons (Fsp3) is 0.524. The summed E-state index contributed by atoms with van der Waals surface area (Å²) in [6.07, 6.45) is 0.788. The summed E-state index contributed by atoms with van der Waals surface area (Å²) in [5, 5.41) is 35.0. The number of aliphatic hydroxyl groups is 2. The monoisotopic (exact) mass is 503 g/mol. The Morgan fingerprint density at radius 1 is 0.886 bits per heavy atom. The van der Waals surface area contributed by atoms with Crippen LogP contribution in [0.3, 0.4) is 0 Å². The number of hydrogen-bond donors (Lipinski definition) is 4. The molecule has 14 nitrogen and oxygen atoms in total. The predicted molar refractivity (Wildman–Crippen MR) is 112 cm³/mol. The predicted octanol–water partition coefficient (Wildman–Crippen LogP) is 0.00840. The zero-order chi connectivity index (χ0) is 26.3. The molecule has 14 heteroatoms. The van der Waals surface area contributed by atoms with E-state index in [2.05, 4.69) is 4.84 Å². The number of ether oxygens (including phenoxy) is 4. The van der Waals surface area contributed by atoms with Gasteiger partial charge in [0, 0.05) is 0 Å². The number of carbonyl (C=O) groups excluding carboxylic acids is 4. The summed E-state index contributed by atoms with van der Waals surface area (Å²) in [6.45, 7) is -1.38. The van der Waals surface area contributed by atoms with Gasteiger partial charge >= 0.3 is 23.9 Å². The van der Waals surface area contributed by atoms with Crippen LogP contribution in [0.2, 0.25) is 0 Å². The molecule has 0 amide bonds. The Bertz CT molecular complexity index is 830. The quantitative estimate of drug-likeness (QED) is 0.0773. The molecular weight excluding hydrogens is 474 g/mol. The van der Waals surface area contributed by atoms with Gasteiger partial charge in [0.1, 0.15) is 16.7 Å². The van der Waals surface area contributed by atoms with Crippen molar-refractivity contribution in [2.24, 2.45) is 5.41 Å². The van der Waals surface area contributed by atoms with Crippen LogP contribution in [0.25, 0.3) is 0 Å². The van der Waals surface area contributed by atoms with E-state index < -0.39 is 61.1 Å². The lowest BCUT2D eigenvalue weighted by molar-refractivity contribution is -0.492. The number of rotatable bonds is 16. The summed E-state index contributed by atoms with van der Waals surface area (Å²) in [6, 6.07) is 5.50. The van der Waals surface area contributed by atoms with Gasteiger partial charge in [0.15, 0.2) is 13.2 Å². The third-order valence-electron chi connectivity index (χ3n) is 4.70. The fourth-order valence-corrected chi connectivity index (χ4v) is 2.48. The third kappa shape index (κ3) is 10.3. The van der Waals surface area contributed by atoms with E-state index in [9.17, 15) is 29.4 Å². The molecule has 0 atom stereocenters. The molecule has 0 aromatic heterocycles. The van der Waals surface area contributed by atoms with Crippen molar-refractivity contribution in [1.82, 2.24) is 5.39 Å². The van der Waals surface area contributed by atoms with Crippen LogP contribution in [0.1, 0.15) is 36.5 Å². The lowest BCUT2D eigenvalue weighted by atomic mass is 9.87. The Kier molecular flexibility index (Phi) is 13.4. The fourth-order valence-electron chi connectivity index (χ4n) is 2.48. The molecule has 35 heavy (non-hydrogen) atoms. The van der Waals surface area contributed by atoms with Gasteiger partial charge in [-0.25, -0.2) is 14.4 Å². The molecule has 0 aliphatic rings. The normalized spacial score (nSPS) is 11.1. The smallest absolute Gasteiger partial charge is 0.349 e. The number of unbranched alkanes of at least 4 members (excludes halogenated alkanes) is 1. The first-order chi connectivity index (χ1) is 16.7. The van der Waals surface area contributed by atoms with Crippen molar-refractivity contribution in [3.63, 3.8) is 0 Å². The molecule has 0 saturated carbocycles. The summed E-state index contributed by atoms with van der Waals surface area (Å²) in [5.41, 5.74) is -1.73. The van der Waals surface area contributed by atoms with Crippen molar-refractivity contribution in [3.8, 4) is 5.75 Å². The van der Waals surface area contributed by atoms with Crippen molar-refractivity contribution >= 4 is 23.9 Å². The third-order valence-corrected chi connectivity index (χ3v) is 4.70. The molecule has 4 N–H and O–H groups in total. The zero-order valence-corrected chi connectivity index (χ0v) is 19.1. The number of benzene rings is 1. The Labute approximate surface area is 200 Å². The Balaban J connectivity index is 2.53. The average Bonchev–Trinajstić information content (AvgIpc) is 2.85. The maximum absolute atomic E-state index is 12.3. The largest absolute Gasteiger partial charge is 0.463 e. The van der Waals surface area contributed by atoms with Crippen LogP contribution in [0, 0.1) is 5.41 Å². The van der Waals surface area contributed by atoms with Gasteiger partial charge in [0.25, 0.3) is 0 Å². The minimum atomic E-state index is -1.55. The van der Waals surface area contributed by atoms with Crippen molar-refractivity contribution < 1.29 is 63.6 Å². The number of carbonyl (C=O) groups is 4. The number of esters is 4. The Morgan fingerprint density at radius 3 is 2.14 bits per heavy atom. The molecule has 1 rings (SSSR count). The van der Waals surface area contributed by atoms with Crippen molar-refractivity contribution in [2.75, 3.05) is 39.6 Å². The zero-order valence-electron chi connectivity index (χ0n) is 19.1. The summed E-state index contributed by atoms with van der Waals surface area (Å²) < 4.78 is 19.6. The van der Waals surface area contributed by atoms with Gasteiger partial charge in [-0.1, -0.05) is 19.1 Å². The van der Waals surface area contributed by atoms with Gasteiger partial charge in [-0.05, 0) is 31.4 Å². The molecule has 1 aromatic rings. The summed E-state index contributed by atoms with van der Waals surface area (Å²) in [7, 11) is 0. The first-order valence-corrected chi connectivity index (χ1v) is 10.5. The lowest BCUT2D eigenvalue weighted by Crippen LogP contribution is -2.40. The van der Waals surface area contributed by atoms with E-state index in [-0.39, 0.29) is 30.9 Å². The highest BCUT2D eigenvalue weighted by Crippen LogP contribution is 2.23. The molecule has 0 radical (unpaired) electrons. The molecule has 0 fully saturated rings. The number of aliphatic hydroxyl groups excluding tert-OH is 2. The molecule has 1 aromatic carbocycles. The Morgan fingerprint density at radius 2 is 1.51 bits per heavy atom. The van der Waals surface area contributed by atoms with Crippen LogP contribution in [0.4, 0.5) is 0 Å². The van der Waals surface area contributed by atoms with Crippen molar-refractivity contribution in [1.29, 1.82) is 0 Å². The molecule has 0 unspecified atom stereocenters. The average molecular weight is 503 g/mol. The number of nitrogens with zero attached hydrogens (tertiary/aromatic N) is 1. The first-order valence-electron chi connectivity index (χ1n) is 10.5. The summed E-state index contributed by atoms with van der Waals surface area (Å²) in [5.74, 6) is -4.04. The van der Waals surface area contributed by atoms with Crippen LogP contribution in [-0.4, -0.2) is 89.5 Å². The second-order valence-electron chi connectivity index (χ2n) is 7.09. The molecule has 0 heterocycles. The number of hydrogen-bond acceptors (Lipinski definition) is 14. The van der Waals surface area contributed by atoms with E-state index in [1.54, 1.807) is 6.92 Å².